The molecule has 4 nitrogen and oxygen atoms in total. The van der Waals surface area contributed by atoms with Gasteiger partial charge >= 0.3 is 0 Å². The van der Waals surface area contributed by atoms with Crippen molar-refractivity contribution < 1.29 is 9.53 Å². The highest BCUT2D eigenvalue weighted by Crippen LogP contribution is 2.22. The van der Waals surface area contributed by atoms with Gasteiger partial charge in [0.25, 0.3) is 0 Å². The summed E-state index contributed by atoms with van der Waals surface area (Å²) in [6.45, 7) is 8.57. The number of ether oxygens (including phenoxy) is 1. The van der Waals surface area contributed by atoms with Gasteiger partial charge in [0.15, 0.2) is 0 Å². The van der Waals surface area contributed by atoms with Crippen LogP contribution in [0.2, 0.25) is 0 Å². The fraction of sp³-hybridized carbons (Fsp3) is 0.611. The number of aryl methyl sites for hydroxylation is 1. The van der Waals surface area contributed by atoms with E-state index in [9.17, 15) is 4.79 Å². The van der Waals surface area contributed by atoms with Gasteiger partial charge in [-0.2, -0.15) is 0 Å². The lowest BCUT2D eigenvalue weighted by Crippen LogP contribution is -2.40. The predicted molar refractivity (Wildman–Crippen MR) is 89.0 cm³/mol. The minimum atomic E-state index is 0.0955. The van der Waals surface area contributed by atoms with Gasteiger partial charge in [-0.1, -0.05) is 19.1 Å². The molecule has 2 unspecified atom stereocenters. The van der Waals surface area contributed by atoms with Crippen molar-refractivity contribution in [3.8, 4) is 5.75 Å². The first kappa shape index (κ1) is 16.8. The second kappa shape index (κ2) is 8.18. The summed E-state index contributed by atoms with van der Waals surface area (Å²) < 4.78 is 5.99. The minimum Gasteiger partial charge on any atom is -0.490 e. The number of carbonyl (C=O) groups is 1. The first-order valence-corrected chi connectivity index (χ1v) is 8.34. The van der Waals surface area contributed by atoms with Gasteiger partial charge in [0.05, 0.1) is 12.0 Å². The smallest absolute Gasteiger partial charge is 0.224 e. The molecule has 1 fully saturated rings. The summed E-state index contributed by atoms with van der Waals surface area (Å²) in [5, 5.41) is 6.34. The van der Waals surface area contributed by atoms with Crippen LogP contribution < -0.4 is 15.4 Å². The molecule has 0 aromatic heterocycles. The van der Waals surface area contributed by atoms with Crippen molar-refractivity contribution in [3.63, 3.8) is 0 Å². The highest BCUT2D eigenvalue weighted by atomic mass is 16.5. The van der Waals surface area contributed by atoms with E-state index in [4.69, 9.17) is 4.74 Å². The number of amides is 1. The van der Waals surface area contributed by atoms with E-state index in [2.05, 4.69) is 43.5 Å². The third kappa shape index (κ3) is 4.73. The van der Waals surface area contributed by atoms with E-state index >= 15 is 0 Å². The van der Waals surface area contributed by atoms with Crippen LogP contribution in [0.1, 0.15) is 44.2 Å². The number of carbonyl (C=O) groups excluding carboxylic acids is 1. The lowest BCUT2D eigenvalue weighted by atomic mass is 9.99. The molecule has 0 bridgehead atoms. The minimum absolute atomic E-state index is 0.0955. The number of piperidine rings is 1. The SMILES string of the molecule is CCC(C)Oc1cc(C)ccc1CNC(=O)C1CCCNC1. The largest absolute Gasteiger partial charge is 0.490 e. The van der Waals surface area contributed by atoms with Crippen LogP contribution in [-0.4, -0.2) is 25.1 Å². The summed E-state index contributed by atoms with van der Waals surface area (Å²) in [5.41, 5.74) is 2.22. The standard InChI is InChI=1S/C18H28N2O2/c1-4-14(3)22-17-10-13(2)7-8-15(17)12-20-18(21)16-6-5-9-19-11-16/h7-8,10,14,16,19H,4-6,9,11-12H2,1-3H3,(H,20,21). The molecule has 0 saturated carbocycles. The van der Waals surface area contributed by atoms with Gasteiger partial charge in [0.2, 0.25) is 5.91 Å². The molecular weight excluding hydrogens is 276 g/mol. The van der Waals surface area contributed by atoms with E-state index in [-0.39, 0.29) is 17.9 Å². The molecule has 22 heavy (non-hydrogen) atoms. The average molecular weight is 304 g/mol. The molecule has 4 heteroatoms. The maximum atomic E-state index is 12.2. The Hall–Kier alpha value is -1.55. The Morgan fingerprint density at radius 3 is 3.00 bits per heavy atom. The average Bonchev–Trinajstić information content (AvgIpc) is 2.54. The van der Waals surface area contributed by atoms with Crippen LogP contribution in [0.25, 0.3) is 0 Å². The van der Waals surface area contributed by atoms with Crippen LogP contribution >= 0.6 is 0 Å². The molecule has 2 rings (SSSR count). The predicted octanol–water partition coefficient (Wildman–Crippen LogP) is 2.79. The summed E-state index contributed by atoms with van der Waals surface area (Å²) in [4.78, 5) is 12.2. The van der Waals surface area contributed by atoms with Gasteiger partial charge in [0, 0.05) is 18.7 Å². The van der Waals surface area contributed by atoms with E-state index in [1.807, 2.05) is 6.07 Å². The van der Waals surface area contributed by atoms with E-state index in [0.717, 1.165) is 43.7 Å². The Bertz CT molecular complexity index is 496. The van der Waals surface area contributed by atoms with Crippen LogP contribution in [0.15, 0.2) is 18.2 Å². The maximum Gasteiger partial charge on any atom is 0.224 e. The summed E-state index contributed by atoms with van der Waals surface area (Å²) in [6, 6.07) is 6.16. The number of hydrogen-bond acceptors (Lipinski definition) is 3. The van der Waals surface area contributed by atoms with Gasteiger partial charge in [0.1, 0.15) is 5.75 Å². The Kier molecular flexibility index (Phi) is 6.25. The monoisotopic (exact) mass is 304 g/mol. The molecule has 1 heterocycles. The zero-order chi connectivity index (χ0) is 15.9. The Morgan fingerprint density at radius 1 is 1.50 bits per heavy atom. The van der Waals surface area contributed by atoms with E-state index in [0.29, 0.717) is 6.54 Å². The molecule has 122 valence electrons. The number of rotatable bonds is 6. The summed E-state index contributed by atoms with van der Waals surface area (Å²) in [7, 11) is 0. The molecule has 1 aromatic carbocycles. The van der Waals surface area contributed by atoms with Crippen molar-refractivity contribution in [3.05, 3.63) is 29.3 Å². The van der Waals surface area contributed by atoms with Crippen molar-refractivity contribution in [1.82, 2.24) is 10.6 Å². The second-order valence-electron chi connectivity index (χ2n) is 6.21. The molecule has 2 atom stereocenters. The first-order chi connectivity index (χ1) is 10.6. The van der Waals surface area contributed by atoms with E-state index in [1.165, 1.54) is 5.56 Å². The van der Waals surface area contributed by atoms with Crippen molar-refractivity contribution in [2.45, 2.75) is 52.7 Å². The third-order valence-electron chi connectivity index (χ3n) is 4.25. The van der Waals surface area contributed by atoms with E-state index < -0.39 is 0 Å². The topological polar surface area (TPSA) is 50.4 Å². The van der Waals surface area contributed by atoms with Crippen LogP contribution in [-0.2, 0) is 11.3 Å². The molecule has 2 N–H and O–H groups in total. The molecule has 1 aliphatic rings. The summed E-state index contributed by atoms with van der Waals surface area (Å²) in [5.74, 6) is 1.12. The molecule has 1 amide bonds. The van der Waals surface area contributed by atoms with Crippen molar-refractivity contribution in [2.75, 3.05) is 13.1 Å². The quantitative estimate of drug-likeness (QED) is 0.849. The molecule has 1 aliphatic heterocycles. The third-order valence-corrected chi connectivity index (χ3v) is 4.25. The number of nitrogens with one attached hydrogen (secondary N) is 2. The highest BCUT2D eigenvalue weighted by molar-refractivity contribution is 5.79. The Morgan fingerprint density at radius 2 is 2.32 bits per heavy atom. The lowest BCUT2D eigenvalue weighted by molar-refractivity contribution is -0.125. The Balaban J connectivity index is 1.97. The van der Waals surface area contributed by atoms with Crippen LogP contribution in [0, 0.1) is 12.8 Å². The van der Waals surface area contributed by atoms with Crippen molar-refractivity contribution >= 4 is 5.91 Å². The zero-order valence-electron chi connectivity index (χ0n) is 13.9. The Labute approximate surface area is 133 Å². The molecule has 1 saturated heterocycles. The van der Waals surface area contributed by atoms with Crippen molar-refractivity contribution in [1.29, 1.82) is 0 Å². The zero-order valence-corrected chi connectivity index (χ0v) is 13.9. The van der Waals surface area contributed by atoms with Crippen LogP contribution in [0.5, 0.6) is 5.75 Å². The molecule has 0 aliphatic carbocycles. The van der Waals surface area contributed by atoms with Gasteiger partial charge in [-0.05, 0) is 51.3 Å². The molecule has 0 spiro atoms. The van der Waals surface area contributed by atoms with Crippen LogP contribution in [0.4, 0.5) is 0 Å². The molecular formula is C18H28N2O2. The molecule has 0 radical (unpaired) electrons. The summed E-state index contributed by atoms with van der Waals surface area (Å²) >= 11 is 0. The highest BCUT2D eigenvalue weighted by Gasteiger charge is 2.20. The fourth-order valence-electron chi connectivity index (χ4n) is 2.62. The second-order valence-corrected chi connectivity index (χ2v) is 6.21. The van der Waals surface area contributed by atoms with Gasteiger partial charge in [-0.25, -0.2) is 0 Å². The number of benzene rings is 1. The normalized spacial score (nSPS) is 19.5. The van der Waals surface area contributed by atoms with E-state index in [1.54, 1.807) is 0 Å². The van der Waals surface area contributed by atoms with Gasteiger partial charge in [-0.15, -0.1) is 0 Å². The number of hydrogen-bond donors (Lipinski definition) is 2. The van der Waals surface area contributed by atoms with Crippen LogP contribution in [0.3, 0.4) is 0 Å². The summed E-state index contributed by atoms with van der Waals surface area (Å²) in [6.07, 6.45) is 3.19. The van der Waals surface area contributed by atoms with Crippen molar-refractivity contribution in [2.24, 2.45) is 5.92 Å². The van der Waals surface area contributed by atoms with Gasteiger partial charge < -0.3 is 15.4 Å². The lowest BCUT2D eigenvalue weighted by Gasteiger charge is -2.22. The molecule has 1 aromatic rings. The first-order valence-electron chi connectivity index (χ1n) is 8.34. The maximum absolute atomic E-state index is 12.2. The van der Waals surface area contributed by atoms with Gasteiger partial charge in [-0.3, -0.25) is 4.79 Å². The fourth-order valence-corrected chi connectivity index (χ4v) is 2.62.